The monoisotopic (exact) mass is 334 g/mol. The number of sulfone groups is 1. The molecule has 0 aliphatic rings. The highest BCUT2D eigenvalue weighted by Crippen LogP contribution is 2.29. The summed E-state index contributed by atoms with van der Waals surface area (Å²) in [5.41, 5.74) is -1.17. The minimum Gasteiger partial charge on any atom is -0.497 e. The van der Waals surface area contributed by atoms with Gasteiger partial charge in [-0.15, -0.1) is 0 Å². The average Bonchev–Trinajstić information content (AvgIpc) is 2.80. The molecule has 2 aromatic rings. The number of hydrogen-bond acceptors (Lipinski definition) is 4. The Labute approximate surface area is 125 Å². The lowest BCUT2D eigenvalue weighted by molar-refractivity contribution is -0.141. The summed E-state index contributed by atoms with van der Waals surface area (Å²) in [4.78, 5) is -0.0263. The molecule has 22 heavy (non-hydrogen) atoms. The van der Waals surface area contributed by atoms with E-state index in [0.717, 1.165) is 10.7 Å². The van der Waals surface area contributed by atoms with E-state index in [-0.39, 0.29) is 10.6 Å². The number of benzene rings is 1. The molecule has 5 nitrogen and oxygen atoms in total. The van der Waals surface area contributed by atoms with Crippen LogP contribution in [-0.2, 0) is 28.8 Å². The van der Waals surface area contributed by atoms with Gasteiger partial charge in [0, 0.05) is 7.05 Å². The maximum absolute atomic E-state index is 12.6. The molecule has 120 valence electrons. The van der Waals surface area contributed by atoms with Gasteiger partial charge in [0.2, 0.25) is 0 Å². The summed E-state index contributed by atoms with van der Waals surface area (Å²) in [6.45, 7) is 0. The number of nitrogens with zero attached hydrogens (tertiary/aromatic N) is 2. The number of rotatable bonds is 4. The van der Waals surface area contributed by atoms with Crippen LogP contribution in [0.5, 0.6) is 5.75 Å². The molecule has 0 aliphatic heterocycles. The van der Waals surface area contributed by atoms with Crippen LogP contribution >= 0.6 is 0 Å². The Balaban J connectivity index is 2.35. The van der Waals surface area contributed by atoms with Gasteiger partial charge in [0.1, 0.15) is 5.75 Å². The van der Waals surface area contributed by atoms with E-state index in [2.05, 4.69) is 5.10 Å². The third kappa shape index (κ3) is 3.41. The van der Waals surface area contributed by atoms with Gasteiger partial charge in [-0.3, -0.25) is 4.68 Å². The van der Waals surface area contributed by atoms with Crippen molar-refractivity contribution in [3.05, 3.63) is 41.7 Å². The van der Waals surface area contributed by atoms with Crippen molar-refractivity contribution in [1.29, 1.82) is 0 Å². The molecule has 0 saturated carbocycles. The largest absolute Gasteiger partial charge is 0.497 e. The fraction of sp³-hybridized carbons (Fsp3) is 0.308. The Hall–Kier alpha value is -2.03. The molecule has 2 rings (SSSR count). The lowest BCUT2D eigenvalue weighted by Crippen LogP contribution is -2.09. The maximum Gasteiger partial charge on any atom is 0.435 e. The summed E-state index contributed by atoms with van der Waals surface area (Å²) >= 11 is 0. The van der Waals surface area contributed by atoms with E-state index in [1.54, 1.807) is 6.07 Å². The smallest absolute Gasteiger partial charge is 0.435 e. The topological polar surface area (TPSA) is 61.2 Å². The third-order valence-corrected chi connectivity index (χ3v) is 4.65. The van der Waals surface area contributed by atoms with Crippen molar-refractivity contribution in [2.45, 2.75) is 16.8 Å². The summed E-state index contributed by atoms with van der Waals surface area (Å²) < 4.78 is 68.2. The molecule has 0 N–H and O–H groups in total. The molecule has 0 aliphatic carbocycles. The molecule has 9 heteroatoms. The van der Waals surface area contributed by atoms with E-state index in [1.165, 1.54) is 32.4 Å². The Kier molecular flexibility index (Phi) is 4.19. The predicted octanol–water partition coefficient (Wildman–Crippen LogP) is 2.42. The summed E-state index contributed by atoms with van der Waals surface area (Å²) in [6, 6.07) is 6.48. The first-order valence-electron chi connectivity index (χ1n) is 6.10. The molecule has 0 amide bonds. The van der Waals surface area contributed by atoms with Gasteiger partial charge in [0.15, 0.2) is 15.5 Å². The fourth-order valence-electron chi connectivity index (χ4n) is 1.85. The van der Waals surface area contributed by atoms with Crippen LogP contribution in [0.3, 0.4) is 0 Å². The second-order valence-electron chi connectivity index (χ2n) is 4.58. The Morgan fingerprint density at radius 3 is 2.50 bits per heavy atom. The van der Waals surface area contributed by atoms with Gasteiger partial charge in [-0.05, 0) is 24.3 Å². The van der Waals surface area contributed by atoms with Gasteiger partial charge in [0.05, 0.1) is 23.5 Å². The second kappa shape index (κ2) is 5.64. The first kappa shape index (κ1) is 16.3. The summed E-state index contributed by atoms with van der Waals surface area (Å²) in [5, 5.41) is 3.30. The highest BCUT2D eigenvalue weighted by Gasteiger charge is 2.35. The second-order valence-corrected chi connectivity index (χ2v) is 6.57. The normalized spacial score (nSPS) is 12.4. The molecular formula is C13H13F3N2O3S. The summed E-state index contributed by atoms with van der Waals surface area (Å²) in [5.74, 6) is -0.234. The van der Waals surface area contributed by atoms with Crippen molar-refractivity contribution >= 4 is 9.84 Å². The van der Waals surface area contributed by atoms with Gasteiger partial charge in [-0.2, -0.15) is 18.3 Å². The first-order valence-corrected chi connectivity index (χ1v) is 7.75. The number of aromatic nitrogens is 2. The van der Waals surface area contributed by atoms with Gasteiger partial charge in [-0.25, -0.2) is 8.42 Å². The number of ether oxygens (including phenoxy) is 1. The van der Waals surface area contributed by atoms with Gasteiger partial charge in [0.25, 0.3) is 0 Å². The van der Waals surface area contributed by atoms with E-state index in [0.29, 0.717) is 5.75 Å². The Morgan fingerprint density at radius 1 is 1.27 bits per heavy atom. The highest BCUT2D eigenvalue weighted by molar-refractivity contribution is 7.90. The zero-order valence-electron chi connectivity index (χ0n) is 11.8. The quantitative estimate of drug-likeness (QED) is 0.861. The van der Waals surface area contributed by atoms with Crippen LogP contribution in [-0.4, -0.2) is 25.3 Å². The molecule has 0 bridgehead atoms. The molecular weight excluding hydrogens is 321 g/mol. The van der Waals surface area contributed by atoms with Crippen LogP contribution in [0.4, 0.5) is 13.2 Å². The van der Waals surface area contributed by atoms with Crippen LogP contribution in [0, 0.1) is 0 Å². The molecule has 0 saturated heterocycles. The van der Waals surface area contributed by atoms with Crippen LogP contribution in [0.25, 0.3) is 0 Å². The number of alkyl halides is 3. The van der Waals surface area contributed by atoms with E-state index >= 15 is 0 Å². The lowest BCUT2D eigenvalue weighted by atomic mass is 10.3. The van der Waals surface area contributed by atoms with E-state index in [9.17, 15) is 21.6 Å². The van der Waals surface area contributed by atoms with Crippen LogP contribution < -0.4 is 4.74 Å². The molecule has 1 heterocycles. The number of halogens is 3. The van der Waals surface area contributed by atoms with Crippen molar-refractivity contribution in [3.63, 3.8) is 0 Å². The average molecular weight is 334 g/mol. The standard InChI is InChI=1S/C13H13F3N2O3S/c1-18-9(6-12(17-18)13(14,15)16)8-22(19,20)11-5-3-4-10(7-11)21-2/h3-7H,8H2,1-2H3. The molecule has 0 fully saturated rings. The molecule has 1 aromatic heterocycles. The molecule has 0 radical (unpaired) electrons. The maximum atomic E-state index is 12.6. The SMILES string of the molecule is COc1cccc(S(=O)(=O)Cc2cc(C(F)(F)F)nn2C)c1. The van der Waals surface area contributed by atoms with Gasteiger partial charge >= 0.3 is 6.18 Å². The van der Waals surface area contributed by atoms with Gasteiger partial charge < -0.3 is 4.74 Å². The number of methoxy groups -OCH3 is 1. The number of aryl methyl sites for hydroxylation is 1. The fourth-order valence-corrected chi connectivity index (χ4v) is 3.26. The van der Waals surface area contributed by atoms with Crippen molar-refractivity contribution in [1.82, 2.24) is 9.78 Å². The van der Waals surface area contributed by atoms with Crippen LogP contribution in [0.15, 0.2) is 35.2 Å². The van der Waals surface area contributed by atoms with E-state index in [4.69, 9.17) is 4.74 Å². The minimum atomic E-state index is -4.62. The molecule has 0 spiro atoms. The predicted molar refractivity (Wildman–Crippen MR) is 72.1 cm³/mol. The zero-order chi connectivity index (χ0) is 16.5. The highest BCUT2D eigenvalue weighted by atomic mass is 32.2. The van der Waals surface area contributed by atoms with E-state index in [1.807, 2.05) is 0 Å². The Bertz CT molecular complexity index is 782. The number of hydrogen-bond donors (Lipinski definition) is 0. The summed E-state index contributed by atoms with van der Waals surface area (Å²) in [7, 11) is -1.15. The van der Waals surface area contributed by atoms with Crippen molar-refractivity contribution in [2.24, 2.45) is 7.05 Å². The molecule has 1 aromatic carbocycles. The van der Waals surface area contributed by atoms with Crippen molar-refractivity contribution in [3.8, 4) is 5.75 Å². The zero-order valence-corrected chi connectivity index (χ0v) is 12.6. The van der Waals surface area contributed by atoms with Crippen LogP contribution in [0.1, 0.15) is 11.4 Å². The molecule has 0 atom stereocenters. The van der Waals surface area contributed by atoms with Crippen LogP contribution in [0.2, 0.25) is 0 Å². The lowest BCUT2D eigenvalue weighted by Gasteiger charge is -2.06. The van der Waals surface area contributed by atoms with Crippen molar-refractivity contribution < 1.29 is 26.3 Å². The third-order valence-electron chi connectivity index (χ3n) is 3.01. The van der Waals surface area contributed by atoms with Gasteiger partial charge in [-0.1, -0.05) is 6.07 Å². The van der Waals surface area contributed by atoms with E-state index < -0.39 is 27.5 Å². The Morgan fingerprint density at radius 2 is 1.95 bits per heavy atom. The first-order chi connectivity index (χ1) is 10.1. The molecule has 0 unspecified atom stereocenters. The minimum absolute atomic E-state index is 0.0263. The van der Waals surface area contributed by atoms with Crippen molar-refractivity contribution in [2.75, 3.05) is 7.11 Å². The summed E-state index contributed by atoms with van der Waals surface area (Å²) in [6.07, 6.45) is -4.62.